The summed E-state index contributed by atoms with van der Waals surface area (Å²) in [5.74, 6) is -1.54. The fourth-order valence-corrected chi connectivity index (χ4v) is 2.02. The topological polar surface area (TPSA) is 66.4 Å². The van der Waals surface area contributed by atoms with Crippen LogP contribution in [0.15, 0.2) is 48.5 Å². The van der Waals surface area contributed by atoms with Crippen molar-refractivity contribution in [1.82, 2.24) is 0 Å². The number of hydrogen-bond acceptors (Lipinski definition) is 2. The van der Waals surface area contributed by atoms with E-state index < -0.39 is 5.97 Å². The van der Waals surface area contributed by atoms with Crippen LogP contribution < -0.4 is 5.32 Å². The van der Waals surface area contributed by atoms with E-state index in [1.165, 1.54) is 24.3 Å². The molecule has 2 aromatic rings. The number of hydrogen-bond donors (Lipinski definition) is 2. The summed E-state index contributed by atoms with van der Waals surface area (Å²) in [5.41, 5.74) is 1.11. The molecule has 2 aromatic carbocycles. The molecule has 4 nitrogen and oxygen atoms in total. The van der Waals surface area contributed by atoms with Crippen molar-refractivity contribution in [3.63, 3.8) is 0 Å². The number of carboxylic acid groups (broad SMARTS) is 1. The lowest BCUT2D eigenvalue weighted by Crippen LogP contribution is -2.09. The van der Waals surface area contributed by atoms with Crippen LogP contribution in [0.3, 0.4) is 0 Å². The molecule has 0 fully saturated rings. The van der Waals surface area contributed by atoms with Crippen LogP contribution in [0.25, 0.3) is 6.08 Å². The molecule has 0 saturated heterocycles. The van der Waals surface area contributed by atoms with Gasteiger partial charge in [-0.15, -0.1) is 0 Å². The second-order valence-electron chi connectivity index (χ2n) is 4.37. The van der Waals surface area contributed by atoms with Gasteiger partial charge in [0.25, 0.3) is 0 Å². The molecule has 0 atom stereocenters. The highest BCUT2D eigenvalue weighted by Crippen LogP contribution is 2.20. The molecule has 0 unspecified atom stereocenters. The lowest BCUT2D eigenvalue weighted by molar-refractivity contribution is -0.111. The number of nitrogens with one attached hydrogen (secondary N) is 1. The number of rotatable bonds is 4. The van der Waals surface area contributed by atoms with Gasteiger partial charge in [-0.05, 0) is 42.0 Å². The molecular formula is C16H11Cl2NO3. The van der Waals surface area contributed by atoms with Crippen LogP contribution in [0.2, 0.25) is 10.0 Å². The van der Waals surface area contributed by atoms with Crippen LogP contribution in [-0.4, -0.2) is 17.0 Å². The van der Waals surface area contributed by atoms with E-state index in [9.17, 15) is 9.59 Å². The highest BCUT2D eigenvalue weighted by molar-refractivity contribution is 6.33. The SMILES string of the molecule is O=C(/C=C/c1ccc(Cl)cc1)Nc1ccc(Cl)c(C(=O)O)c1. The Labute approximate surface area is 137 Å². The fourth-order valence-electron chi connectivity index (χ4n) is 1.70. The molecule has 0 heterocycles. The van der Waals surface area contributed by atoms with Crippen LogP contribution in [0, 0.1) is 0 Å². The largest absolute Gasteiger partial charge is 0.478 e. The predicted octanol–water partition coefficient (Wildman–Crippen LogP) is 4.34. The van der Waals surface area contributed by atoms with Gasteiger partial charge >= 0.3 is 5.97 Å². The molecule has 0 aliphatic heterocycles. The fraction of sp³-hybridized carbons (Fsp3) is 0. The second-order valence-corrected chi connectivity index (χ2v) is 5.22. The van der Waals surface area contributed by atoms with Crippen LogP contribution in [-0.2, 0) is 4.79 Å². The van der Waals surface area contributed by atoms with Crippen molar-refractivity contribution in [3.05, 3.63) is 69.7 Å². The van der Waals surface area contributed by atoms with Crippen molar-refractivity contribution in [2.24, 2.45) is 0 Å². The van der Waals surface area contributed by atoms with E-state index in [2.05, 4.69) is 5.32 Å². The Bertz CT molecular complexity index is 740. The predicted molar refractivity (Wildman–Crippen MR) is 87.5 cm³/mol. The Morgan fingerprint density at radius 3 is 2.36 bits per heavy atom. The van der Waals surface area contributed by atoms with E-state index in [0.717, 1.165) is 5.56 Å². The van der Waals surface area contributed by atoms with Gasteiger partial charge in [0.15, 0.2) is 0 Å². The molecule has 1 amide bonds. The maximum absolute atomic E-state index is 11.8. The first-order valence-electron chi connectivity index (χ1n) is 6.23. The minimum absolute atomic E-state index is 0.0684. The second kappa shape index (κ2) is 7.11. The number of carboxylic acids is 1. The van der Waals surface area contributed by atoms with Crippen molar-refractivity contribution in [3.8, 4) is 0 Å². The van der Waals surface area contributed by atoms with Gasteiger partial charge in [-0.25, -0.2) is 4.79 Å². The normalized spacial score (nSPS) is 10.6. The van der Waals surface area contributed by atoms with Crippen molar-refractivity contribution in [2.75, 3.05) is 5.32 Å². The van der Waals surface area contributed by atoms with Crippen LogP contribution in [0.5, 0.6) is 0 Å². The smallest absolute Gasteiger partial charge is 0.337 e. The number of benzene rings is 2. The molecular weight excluding hydrogens is 325 g/mol. The lowest BCUT2D eigenvalue weighted by Gasteiger charge is -2.05. The van der Waals surface area contributed by atoms with Crippen molar-refractivity contribution in [1.29, 1.82) is 0 Å². The molecule has 0 aliphatic rings. The average molecular weight is 336 g/mol. The Morgan fingerprint density at radius 2 is 1.73 bits per heavy atom. The maximum Gasteiger partial charge on any atom is 0.337 e. The number of anilines is 1. The summed E-state index contributed by atoms with van der Waals surface area (Å²) in [6, 6.07) is 11.2. The molecule has 0 aromatic heterocycles. The monoisotopic (exact) mass is 335 g/mol. The number of amides is 1. The molecule has 2 N–H and O–H groups in total. The number of carbonyl (C=O) groups is 2. The zero-order chi connectivity index (χ0) is 16.1. The zero-order valence-corrected chi connectivity index (χ0v) is 12.7. The van der Waals surface area contributed by atoms with E-state index in [1.54, 1.807) is 30.3 Å². The third kappa shape index (κ3) is 4.35. The van der Waals surface area contributed by atoms with Crippen molar-refractivity contribution in [2.45, 2.75) is 0 Å². The van der Waals surface area contributed by atoms with Gasteiger partial charge in [0, 0.05) is 16.8 Å². The Balaban J connectivity index is 2.07. The highest BCUT2D eigenvalue weighted by atomic mass is 35.5. The summed E-state index contributed by atoms with van der Waals surface area (Å²) in [6.45, 7) is 0. The molecule has 22 heavy (non-hydrogen) atoms. The third-order valence-corrected chi connectivity index (χ3v) is 3.34. The van der Waals surface area contributed by atoms with Gasteiger partial charge < -0.3 is 10.4 Å². The molecule has 0 saturated carbocycles. The van der Waals surface area contributed by atoms with E-state index in [1.807, 2.05) is 0 Å². The van der Waals surface area contributed by atoms with Gasteiger partial charge in [0.05, 0.1) is 10.6 Å². The summed E-state index contributed by atoms with van der Waals surface area (Å²) in [6.07, 6.45) is 2.97. The van der Waals surface area contributed by atoms with Gasteiger partial charge in [-0.1, -0.05) is 35.3 Å². The van der Waals surface area contributed by atoms with Gasteiger partial charge in [-0.2, -0.15) is 0 Å². The van der Waals surface area contributed by atoms with Crippen molar-refractivity contribution < 1.29 is 14.7 Å². The number of carbonyl (C=O) groups excluding carboxylic acids is 1. The zero-order valence-electron chi connectivity index (χ0n) is 11.2. The van der Waals surface area contributed by atoms with E-state index in [4.69, 9.17) is 28.3 Å². The molecule has 112 valence electrons. The van der Waals surface area contributed by atoms with Gasteiger partial charge in [0.1, 0.15) is 0 Å². The first-order valence-corrected chi connectivity index (χ1v) is 6.99. The standard InChI is InChI=1S/C16H11Cl2NO3/c17-11-4-1-10(2-5-11)3-8-15(20)19-12-6-7-14(18)13(9-12)16(21)22/h1-9H,(H,19,20)(H,21,22)/b8-3+. The van der Waals surface area contributed by atoms with E-state index in [0.29, 0.717) is 10.7 Å². The summed E-state index contributed by atoms with van der Waals surface area (Å²) < 4.78 is 0. The van der Waals surface area contributed by atoms with Crippen molar-refractivity contribution >= 4 is 46.8 Å². The van der Waals surface area contributed by atoms with E-state index in [-0.39, 0.29) is 16.5 Å². The quantitative estimate of drug-likeness (QED) is 0.816. The van der Waals surface area contributed by atoms with Crippen LogP contribution >= 0.6 is 23.2 Å². The molecule has 0 aliphatic carbocycles. The third-order valence-electron chi connectivity index (χ3n) is 2.76. The molecule has 0 bridgehead atoms. The molecule has 2 rings (SSSR count). The minimum Gasteiger partial charge on any atom is -0.478 e. The molecule has 6 heteroatoms. The summed E-state index contributed by atoms with van der Waals surface area (Å²) in [4.78, 5) is 22.8. The molecule has 0 radical (unpaired) electrons. The van der Waals surface area contributed by atoms with E-state index >= 15 is 0 Å². The minimum atomic E-state index is -1.15. The maximum atomic E-state index is 11.8. The van der Waals surface area contributed by atoms with Gasteiger partial charge in [-0.3, -0.25) is 4.79 Å². The van der Waals surface area contributed by atoms with Crippen LogP contribution in [0.1, 0.15) is 15.9 Å². The Hall–Kier alpha value is -2.30. The summed E-state index contributed by atoms with van der Waals surface area (Å²) >= 11 is 11.5. The van der Waals surface area contributed by atoms with Gasteiger partial charge in [0.2, 0.25) is 5.91 Å². The van der Waals surface area contributed by atoms with Crippen LogP contribution in [0.4, 0.5) is 5.69 Å². The summed E-state index contributed by atoms with van der Waals surface area (Å²) in [7, 11) is 0. The number of aromatic carboxylic acids is 1. The first-order chi connectivity index (χ1) is 10.5. The average Bonchev–Trinajstić information content (AvgIpc) is 2.48. The molecule has 0 spiro atoms. The number of halogens is 2. The summed E-state index contributed by atoms with van der Waals surface area (Å²) in [5, 5.41) is 12.3. The first kappa shape index (κ1) is 16.1. The highest BCUT2D eigenvalue weighted by Gasteiger charge is 2.10. The Kier molecular flexibility index (Phi) is 5.20. The lowest BCUT2D eigenvalue weighted by atomic mass is 10.2. The Morgan fingerprint density at radius 1 is 1.05 bits per heavy atom.